The van der Waals surface area contributed by atoms with Crippen LogP contribution < -0.4 is 14.8 Å². The average molecular weight is 383 g/mol. The van der Waals surface area contributed by atoms with Gasteiger partial charge in [-0.25, -0.2) is 0 Å². The third kappa shape index (κ3) is 3.98. The van der Waals surface area contributed by atoms with Crippen LogP contribution in [0, 0.1) is 0 Å². The molecule has 150 valence electrons. The Morgan fingerprint density at radius 2 is 1.89 bits per heavy atom. The van der Waals surface area contributed by atoms with E-state index < -0.39 is 0 Å². The van der Waals surface area contributed by atoms with E-state index >= 15 is 0 Å². The highest BCUT2D eigenvalue weighted by molar-refractivity contribution is 5.56. The lowest BCUT2D eigenvalue weighted by Crippen LogP contribution is -2.50. The van der Waals surface area contributed by atoms with Gasteiger partial charge in [0.05, 0.1) is 12.8 Å². The molecule has 5 rings (SSSR count). The van der Waals surface area contributed by atoms with Crippen LogP contribution in [0.5, 0.6) is 11.5 Å². The van der Waals surface area contributed by atoms with Crippen molar-refractivity contribution >= 4 is 5.69 Å². The number of furan rings is 1. The quantitative estimate of drug-likeness (QED) is 0.852. The number of fused-ring (bicyclic) bond motifs is 1. The minimum atomic E-state index is 0.328. The summed E-state index contributed by atoms with van der Waals surface area (Å²) >= 11 is 0. The number of ether oxygens (including phenoxy) is 2. The summed E-state index contributed by atoms with van der Waals surface area (Å²) in [6, 6.07) is 11.4. The molecule has 0 saturated carbocycles. The van der Waals surface area contributed by atoms with Crippen LogP contribution in [0.3, 0.4) is 0 Å². The number of rotatable bonds is 5. The first-order valence-corrected chi connectivity index (χ1v) is 10.5. The highest BCUT2D eigenvalue weighted by Crippen LogP contribution is 2.35. The number of piperidine rings is 2. The first-order chi connectivity index (χ1) is 13.8. The molecule has 1 N–H and O–H groups in total. The van der Waals surface area contributed by atoms with Gasteiger partial charge >= 0.3 is 0 Å². The molecule has 2 saturated heterocycles. The third-order valence-corrected chi connectivity index (χ3v) is 6.23. The molecule has 0 aliphatic carbocycles. The number of benzene rings is 1. The summed E-state index contributed by atoms with van der Waals surface area (Å²) < 4.78 is 16.4. The monoisotopic (exact) mass is 383 g/mol. The van der Waals surface area contributed by atoms with Gasteiger partial charge in [0, 0.05) is 43.5 Å². The zero-order valence-corrected chi connectivity index (χ0v) is 16.3. The molecule has 0 spiro atoms. The summed E-state index contributed by atoms with van der Waals surface area (Å²) in [6.45, 7) is 5.92. The van der Waals surface area contributed by atoms with Crippen LogP contribution in [0.4, 0.5) is 5.69 Å². The lowest BCUT2D eigenvalue weighted by molar-refractivity contribution is 0.0828. The second kappa shape index (κ2) is 8.05. The Hall–Kier alpha value is -2.18. The maximum Gasteiger partial charge on any atom is 0.231 e. The smallest absolute Gasteiger partial charge is 0.231 e. The molecule has 0 amide bonds. The molecular formula is C22H29N3O3. The second-order valence-corrected chi connectivity index (χ2v) is 8.13. The fourth-order valence-electron chi connectivity index (χ4n) is 4.74. The van der Waals surface area contributed by atoms with E-state index in [1.54, 1.807) is 6.26 Å². The number of likely N-dealkylation sites (tertiary alicyclic amines) is 2. The standard InChI is InChI=1S/C22H29N3O3/c1-3-18(23-17-5-6-21-22(13-17)28-16-27-21)14-25(9-1)19-7-10-24(11-8-19)15-20-4-2-12-26-20/h2,4-6,12-13,18-19,23H,1,3,7-11,14-16H2. The van der Waals surface area contributed by atoms with Gasteiger partial charge in [0.25, 0.3) is 0 Å². The van der Waals surface area contributed by atoms with Gasteiger partial charge in [0.2, 0.25) is 6.79 Å². The number of hydrogen-bond acceptors (Lipinski definition) is 6. The number of nitrogens with one attached hydrogen (secondary N) is 1. The summed E-state index contributed by atoms with van der Waals surface area (Å²) in [5.41, 5.74) is 1.13. The Morgan fingerprint density at radius 3 is 2.75 bits per heavy atom. The summed E-state index contributed by atoms with van der Waals surface area (Å²) in [4.78, 5) is 5.22. The Kier molecular flexibility index (Phi) is 5.14. The minimum Gasteiger partial charge on any atom is -0.468 e. The molecule has 1 atom stereocenters. The summed E-state index contributed by atoms with van der Waals surface area (Å²) in [7, 11) is 0. The zero-order valence-electron chi connectivity index (χ0n) is 16.3. The minimum absolute atomic E-state index is 0.328. The van der Waals surface area contributed by atoms with E-state index in [9.17, 15) is 0 Å². The highest BCUT2D eigenvalue weighted by atomic mass is 16.7. The first-order valence-electron chi connectivity index (χ1n) is 10.5. The molecule has 4 heterocycles. The molecule has 6 heteroatoms. The van der Waals surface area contributed by atoms with Crippen molar-refractivity contribution in [1.82, 2.24) is 9.80 Å². The van der Waals surface area contributed by atoms with Crippen LogP contribution >= 0.6 is 0 Å². The van der Waals surface area contributed by atoms with E-state index in [0.717, 1.165) is 49.1 Å². The molecular weight excluding hydrogens is 354 g/mol. The van der Waals surface area contributed by atoms with E-state index in [4.69, 9.17) is 13.9 Å². The predicted molar refractivity (Wildman–Crippen MR) is 108 cm³/mol. The van der Waals surface area contributed by atoms with Crippen molar-refractivity contribution in [2.24, 2.45) is 0 Å². The van der Waals surface area contributed by atoms with Gasteiger partial charge in [0.1, 0.15) is 5.76 Å². The van der Waals surface area contributed by atoms with Crippen LogP contribution in [-0.2, 0) is 6.54 Å². The van der Waals surface area contributed by atoms with Crippen molar-refractivity contribution in [2.75, 3.05) is 38.3 Å². The molecule has 1 aromatic heterocycles. The molecule has 2 fully saturated rings. The molecule has 0 bridgehead atoms. The Balaban J connectivity index is 1.13. The van der Waals surface area contributed by atoms with Crippen LogP contribution in [-0.4, -0.2) is 54.9 Å². The van der Waals surface area contributed by atoms with Gasteiger partial charge in [-0.2, -0.15) is 0 Å². The zero-order chi connectivity index (χ0) is 18.8. The van der Waals surface area contributed by atoms with E-state index in [1.807, 2.05) is 12.1 Å². The largest absolute Gasteiger partial charge is 0.468 e. The SMILES string of the molecule is c1coc(CN2CCC(N3CCCC(Nc4ccc5c(c4)OCO5)C3)CC2)c1. The normalized spacial score (nSPS) is 23.8. The predicted octanol–water partition coefficient (Wildman–Crippen LogP) is 3.55. The molecule has 1 unspecified atom stereocenters. The number of nitrogens with zero attached hydrogens (tertiary/aromatic N) is 2. The van der Waals surface area contributed by atoms with E-state index in [-0.39, 0.29) is 0 Å². The number of hydrogen-bond donors (Lipinski definition) is 1. The fourth-order valence-corrected chi connectivity index (χ4v) is 4.74. The lowest BCUT2D eigenvalue weighted by atomic mass is 9.97. The third-order valence-electron chi connectivity index (χ3n) is 6.23. The van der Waals surface area contributed by atoms with Crippen molar-refractivity contribution in [3.05, 3.63) is 42.4 Å². The average Bonchev–Trinajstić information content (AvgIpc) is 3.40. The van der Waals surface area contributed by atoms with Gasteiger partial charge < -0.3 is 19.2 Å². The highest BCUT2D eigenvalue weighted by Gasteiger charge is 2.29. The van der Waals surface area contributed by atoms with Crippen molar-refractivity contribution in [3.63, 3.8) is 0 Å². The van der Waals surface area contributed by atoms with Crippen molar-refractivity contribution in [2.45, 2.75) is 44.3 Å². The van der Waals surface area contributed by atoms with E-state index in [0.29, 0.717) is 18.9 Å². The Bertz CT molecular complexity index is 771. The van der Waals surface area contributed by atoms with Gasteiger partial charge in [0.15, 0.2) is 11.5 Å². The van der Waals surface area contributed by atoms with Gasteiger partial charge in [-0.15, -0.1) is 0 Å². The Morgan fingerprint density at radius 1 is 1.00 bits per heavy atom. The van der Waals surface area contributed by atoms with Crippen molar-refractivity contribution < 1.29 is 13.9 Å². The van der Waals surface area contributed by atoms with Crippen LogP contribution in [0.1, 0.15) is 31.4 Å². The Labute approximate surface area is 166 Å². The summed E-state index contributed by atoms with van der Waals surface area (Å²) in [5, 5.41) is 3.72. The lowest BCUT2D eigenvalue weighted by Gasteiger charge is -2.42. The maximum absolute atomic E-state index is 5.51. The van der Waals surface area contributed by atoms with Crippen LogP contribution in [0.15, 0.2) is 41.0 Å². The molecule has 0 radical (unpaired) electrons. The van der Waals surface area contributed by atoms with Crippen molar-refractivity contribution in [1.29, 1.82) is 0 Å². The number of anilines is 1. The molecule has 2 aromatic rings. The van der Waals surface area contributed by atoms with Crippen LogP contribution in [0.2, 0.25) is 0 Å². The molecule has 1 aromatic carbocycles. The molecule has 28 heavy (non-hydrogen) atoms. The maximum atomic E-state index is 5.51. The molecule has 3 aliphatic heterocycles. The molecule has 3 aliphatic rings. The van der Waals surface area contributed by atoms with Gasteiger partial charge in [-0.1, -0.05) is 0 Å². The van der Waals surface area contributed by atoms with Crippen LogP contribution in [0.25, 0.3) is 0 Å². The van der Waals surface area contributed by atoms with Gasteiger partial charge in [-0.3, -0.25) is 9.80 Å². The van der Waals surface area contributed by atoms with Crippen molar-refractivity contribution in [3.8, 4) is 11.5 Å². The second-order valence-electron chi connectivity index (χ2n) is 8.13. The first kappa shape index (κ1) is 17.9. The molecule has 6 nitrogen and oxygen atoms in total. The van der Waals surface area contributed by atoms with Gasteiger partial charge in [-0.05, 0) is 56.5 Å². The fraction of sp³-hybridized carbons (Fsp3) is 0.545. The summed E-state index contributed by atoms with van der Waals surface area (Å²) in [5.74, 6) is 2.77. The summed E-state index contributed by atoms with van der Waals surface area (Å²) in [6.07, 6.45) is 6.75. The topological polar surface area (TPSA) is 50.1 Å². The van der Waals surface area contributed by atoms with E-state index in [1.165, 1.54) is 32.2 Å². The van der Waals surface area contributed by atoms with E-state index in [2.05, 4.69) is 33.3 Å².